The Morgan fingerprint density at radius 2 is 1.85 bits per heavy atom. The lowest BCUT2D eigenvalue weighted by Crippen LogP contribution is -2.31. The van der Waals surface area contributed by atoms with E-state index in [0.29, 0.717) is 50.0 Å². The van der Waals surface area contributed by atoms with Gasteiger partial charge in [-0.3, -0.25) is 4.79 Å². The van der Waals surface area contributed by atoms with Crippen LogP contribution in [0, 0.1) is 5.92 Å². The number of hydrogen-bond donors (Lipinski definition) is 2. The predicted octanol–water partition coefficient (Wildman–Crippen LogP) is 2.55. The fraction of sp³-hybridized carbons (Fsp3) is 0.632. The van der Waals surface area contributed by atoms with Gasteiger partial charge in [0.2, 0.25) is 10.0 Å². The Balaban J connectivity index is 3.18. The second-order valence-electron chi connectivity index (χ2n) is 6.65. The summed E-state index contributed by atoms with van der Waals surface area (Å²) in [6.45, 7) is 10.1. The van der Waals surface area contributed by atoms with Crippen LogP contribution in [0.15, 0.2) is 23.1 Å². The van der Waals surface area contributed by atoms with Gasteiger partial charge in [0, 0.05) is 39.0 Å². The first-order valence-corrected chi connectivity index (χ1v) is 10.9. The Labute approximate surface area is 163 Å². The maximum absolute atomic E-state index is 12.8. The number of hydrogen-bond acceptors (Lipinski definition) is 5. The minimum atomic E-state index is -3.63. The fourth-order valence-corrected chi connectivity index (χ4v) is 4.08. The van der Waals surface area contributed by atoms with Crippen molar-refractivity contribution >= 4 is 21.6 Å². The highest BCUT2D eigenvalue weighted by molar-refractivity contribution is 7.89. The Kier molecular flexibility index (Phi) is 9.76. The zero-order valence-electron chi connectivity index (χ0n) is 17.0. The standard InChI is InChI=1S/C19H33N3O4S/c1-6-22(7-2)27(24,25)16-8-9-18(20-12-13-26-5)17(14-16)19(23)21-11-10-15(3)4/h8-9,14-15,20H,6-7,10-13H2,1-5H3,(H,21,23). The van der Waals surface area contributed by atoms with Crippen LogP contribution in [0.5, 0.6) is 0 Å². The van der Waals surface area contributed by atoms with Crippen molar-refractivity contribution in [3.63, 3.8) is 0 Å². The summed E-state index contributed by atoms with van der Waals surface area (Å²) < 4.78 is 32.0. The first kappa shape index (κ1) is 23.4. The van der Waals surface area contributed by atoms with Crippen LogP contribution in [0.4, 0.5) is 5.69 Å². The van der Waals surface area contributed by atoms with E-state index >= 15 is 0 Å². The van der Waals surface area contributed by atoms with Gasteiger partial charge in [0.1, 0.15) is 0 Å². The molecule has 0 saturated carbocycles. The van der Waals surface area contributed by atoms with E-state index in [9.17, 15) is 13.2 Å². The number of anilines is 1. The molecule has 2 N–H and O–H groups in total. The molecule has 0 fully saturated rings. The van der Waals surface area contributed by atoms with Gasteiger partial charge in [-0.05, 0) is 30.5 Å². The lowest BCUT2D eigenvalue weighted by atomic mass is 10.1. The Morgan fingerprint density at radius 3 is 2.41 bits per heavy atom. The number of ether oxygens (including phenoxy) is 1. The Bertz CT molecular complexity index is 701. The number of rotatable bonds is 12. The summed E-state index contributed by atoms with van der Waals surface area (Å²) in [6.07, 6.45) is 0.857. The van der Waals surface area contributed by atoms with Gasteiger partial charge in [0.25, 0.3) is 5.91 Å². The van der Waals surface area contributed by atoms with Crippen molar-refractivity contribution in [3.05, 3.63) is 23.8 Å². The van der Waals surface area contributed by atoms with Crippen LogP contribution in [0.3, 0.4) is 0 Å². The molecule has 0 aliphatic carbocycles. The van der Waals surface area contributed by atoms with Gasteiger partial charge in [-0.1, -0.05) is 27.7 Å². The van der Waals surface area contributed by atoms with Gasteiger partial charge < -0.3 is 15.4 Å². The molecular weight excluding hydrogens is 366 g/mol. The van der Waals surface area contributed by atoms with Crippen molar-refractivity contribution in [3.8, 4) is 0 Å². The van der Waals surface area contributed by atoms with E-state index in [4.69, 9.17) is 4.74 Å². The summed E-state index contributed by atoms with van der Waals surface area (Å²) in [5.41, 5.74) is 0.913. The topological polar surface area (TPSA) is 87.7 Å². The van der Waals surface area contributed by atoms with Gasteiger partial charge in [0.15, 0.2) is 0 Å². The number of carbonyl (C=O) groups is 1. The lowest BCUT2D eigenvalue weighted by Gasteiger charge is -2.20. The molecule has 0 spiro atoms. The normalized spacial score (nSPS) is 11.8. The van der Waals surface area contributed by atoms with Crippen LogP contribution >= 0.6 is 0 Å². The highest BCUT2D eigenvalue weighted by Gasteiger charge is 2.24. The van der Waals surface area contributed by atoms with Crippen LogP contribution in [-0.4, -0.2) is 58.5 Å². The molecule has 0 unspecified atom stereocenters. The minimum absolute atomic E-state index is 0.123. The van der Waals surface area contributed by atoms with Crippen LogP contribution in [0.2, 0.25) is 0 Å². The van der Waals surface area contributed by atoms with Crippen LogP contribution in [0.1, 0.15) is 44.5 Å². The average molecular weight is 400 g/mol. The van der Waals surface area contributed by atoms with E-state index < -0.39 is 10.0 Å². The van der Waals surface area contributed by atoms with E-state index in [2.05, 4.69) is 24.5 Å². The van der Waals surface area contributed by atoms with Gasteiger partial charge in [0.05, 0.1) is 17.1 Å². The molecule has 0 saturated heterocycles. The Hall–Kier alpha value is -1.64. The zero-order valence-corrected chi connectivity index (χ0v) is 17.9. The van der Waals surface area contributed by atoms with E-state index in [0.717, 1.165) is 6.42 Å². The zero-order chi connectivity index (χ0) is 20.4. The smallest absolute Gasteiger partial charge is 0.253 e. The quantitative estimate of drug-likeness (QED) is 0.528. The summed E-state index contributed by atoms with van der Waals surface area (Å²) in [4.78, 5) is 12.8. The van der Waals surface area contributed by atoms with Crippen molar-refractivity contribution in [2.24, 2.45) is 5.92 Å². The largest absolute Gasteiger partial charge is 0.383 e. The highest BCUT2D eigenvalue weighted by atomic mass is 32.2. The van der Waals surface area contributed by atoms with E-state index in [1.807, 2.05) is 0 Å². The number of methoxy groups -OCH3 is 1. The van der Waals surface area contributed by atoms with Gasteiger partial charge in [-0.15, -0.1) is 0 Å². The summed E-state index contributed by atoms with van der Waals surface area (Å²) in [5, 5.41) is 6.01. The molecule has 1 rings (SSSR count). The Morgan fingerprint density at radius 1 is 1.19 bits per heavy atom. The van der Waals surface area contributed by atoms with E-state index in [1.54, 1.807) is 27.0 Å². The summed E-state index contributed by atoms with van der Waals surface area (Å²) in [5.74, 6) is 0.186. The summed E-state index contributed by atoms with van der Waals surface area (Å²) >= 11 is 0. The number of amides is 1. The molecule has 1 amide bonds. The second kappa shape index (κ2) is 11.3. The molecular formula is C19H33N3O4S. The second-order valence-corrected chi connectivity index (χ2v) is 8.59. The molecule has 0 aliphatic rings. The average Bonchev–Trinajstić information content (AvgIpc) is 2.62. The fourth-order valence-electron chi connectivity index (χ4n) is 2.60. The van der Waals surface area contributed by atoms with Gasteiger partial charge in [-0.25, -0.2) is 8.42 Å². The molecule has 0 bridgehead atoms. The molecule has 1 aromatic rings. The van der Waals surface area contributed by atoms with Crippen molar-refractivity contribution in [2.45, 2.75) is 39.0 Å². The molecule has 7 nitrogen and oxygen atoms in total. The first-order chi connectivity index (χ1) is 12.8. The molecule has 0 radical (unpaired) electrons. The van der Waals surface area contributed by atoms with Crippen molar-refractivity contribution < 1.29 is 17.9 Å². The molecule has 0 atom stereocenters. The number of nitrogens with zero attached hydrogens (tertiary/aromatic N) is 1. The summed E-state index contributed by atoms with van der Waals surface area (Å²) in [6, 6.07) is 4.63. The number of carbonyl (C=O) groups excluding carboxylic acids is 1. The minimum Gasteiger partial charge on any atom is -0.383 e. The third-order valence-electron chi connectivity index (χ3n) is 4.21. The van der Waals surface area contributed by atoms with Gasteiger partial charge >= 0.3 is 0 Å². The van der Waals surface area contributed by atoms with Crippen molar-refractivity contribution in [1.29, 1.82) is 0 Å². The van der Waals surface area contributed by atoms with Crippen molar-refractivity contribution in [2.75, 3.05) is 45.2 Å². The van der Waals surface area contributed by atoms with Crippen LogP contribution in [0.25, 0.3) is 0 Å². The van der Waals surface area contributed by atoms with Crippen LogP contribution < -0.4 is 10.6 Å². The van der Waals surface area contributed by atoms with E-state index in [-0.39, 0.29) is 10.8 Å². The lowest BCUT2D eigenvalue weighted by molar-refractivity contribution is 0.0952. The maximum atomic E-state index is 12.8. The molecule has 0 aromatic heterocycles. The molecule has 154 valence electrons. The molecule has 1 aromatic carbocycles. The maximum Gasteiger partial charge on any atom is 0.253 e. The van der Waals surface area contributed by atoms with E-state index in [1.165, 1.54) is 16.4 Å². The third-order valence-corrected chi connectivity index (χ3v) is 6.25. The van der Waals surface area contributed by atoms with Gasteiger partial charge in [-0.2, -0.15) is 4.31 Å². The molecule has 27 heavy (non-hydrogen) atoms. The van der Waals surface area contributed by atoms with Crippen LogP contribution in [-0.2, 0) is 14.8 Å². The SMILES string of the molecule is CCN(CC)S(=O)(=O)c1ccc(NCCOC)c(C(=O)NCCC(C)C)c1. The molecule has 0 heterocycles. The first-order valence-electron chi connectivity index (χ1n) is 9.43. The summed E-state index contributed by atoms with van der Waals surface area (Å²) in [7, 11) is -2.03. The third kappa shape index (κ3) is 6.79. The predicted molar refractivity (Wildman–Crippen MR) is 109 cm³/mol. The number of sulfonamides is 1. The molecule has 0 aliphatic heterocycles. The molecule has 8 heteroatoms. The monoisotopic (exact) mass is 399 g/mol. The van der Waals surface area contributed by atoms with Crippen molar-refractivity contribution in [1.82, 2.24) is 9.62 Å². The number of benzene rings is 1. The highest BCUT2D eigenvalue weighted by Crippen LogP contribution is 2.23. The number of nitrogens with one attached hydrogen (secondary N) is 2.